The van der Waals surface area contributed by atoms with Gasteiger partial charge < -0.3 is 10.1 Å². The number of pyridine rings is 1. The van der Waals surface area contributed by atoms with Gasteiger partial charge in [-0.1, -0.05) is 13.0 Å². The fraction of sp³-hybridized carbons (Fsp3) is 0.545. The smallest absolute Gasteiger partial charge is 0.129 e. The molecule has 3 heteroatoms. The minimum absolute atomic E-state index is 0.440. The number of hydrogen-bond acceptors (Lipinski definition) is 3. The van der Waals surface area contributed by atoms with Gasteiger partial charge in [0, 0.05) is 12.8 Å². The molecular formula is C11H16N2O. The SMILES string of the molecule is CCc1cccnc1NC1CCOC1. The number of nitrogens with zero attached hydrogens (tertiary/aromatic N) is 1. The second-order valence-corrected chi connectivity index (χ2v) is 3.57. The Morgan fingerprint density at radius 3 is 3.29 bits per heavy atom. The number of aryl methyl sites for hydroxylation is 1. The summed E-state index contributed by atoms with van der Waals surface area (Å²) >= 11 is 0. The van der Waals surface area contributed by atoms with Crippen molar-refractivity contribution in [2.75, 3.05) is 18.5 Å². The van der Waals surface area contributed by atoms with Gasteiger partial charge in [-0.2, -0.15) is 0 Å². The van der Waals surface area contributed by atoms with Gasteiger partial charge in [0.1, 0.15) is 5.82 Å². The molecule has 0 aromatic carbocycles. The lowest BCUT2D eigenvalue weighted by Crippen LogP contribution is -2.20. The van der Waals surface area contributed by atoms with Crippen molar-refractivity contribution in [1.82, 2.24) is 4.98 Å². The molecule has 1 fully saturated rings. The summed E-state index contributed by atoms with van der Waals surface area (Å²) in [6.45, 7) is 3.82. The molecule has 0 radical (unpaired) electrons. The van der Waals surface area contributed by atoms with Crippen molar-refractivity contribution >= 4 is 5.82 Å². The summed E-state index contributed by atoms with van der Waals surface area (Å²) in [5.41, 5.74) is 1.28. The van der Waals surface area contributed by atoms with Crippen molar-refractivity contribution in [2.24, 2.45) is 0 Å². The summed E-state index contributed by atoms with van der Waals surface area (Å²) in [6.07, 6.45) is 3.93. The Labute approximate surface area is 84.5 Å². The summed E-state index contributed by atoms with van der Waals surface area (Å²) in [5.74, 6) is 1.02. The maximum absolute atomic E-state index is 5.31. The van der Waals surface area contributed by atoms with E-state index in [4.69, 9.17) is 4.74 Å². The molecule has 1 aromatic heterocycles. The highest BCUT2D eigenvalue weighted by Gasteiger charge is 2.16. The summed E-state index contributed by atoms with van der Waals surface area (Å²) < 4.78 is 5.31. The van der Waals surface area contributed by atoms with E-state index < -0.39 is 0 Å². The van der Waals surface area contributed by atoms with Crippen molar-refractivity contribution in [2.45, 2.75) is 25.8 Å². The van der Waals surface area contributed by atoms with Crippen molar-refractivity contribution in [1.29, 1.82) is 0 Å². The first-order valence-corrected chi connectivity index (χ1v) is 5.18. The molecule has 1 aliphatic rings. The van der Waals surface area contributed by atoms with Crippen molar-refractivity contribution in [3.8, 4) is 0 Å². The predicted octanol–water partition coefficient (Wildman–Crippen LogP) is 1.84. The third-order valence-electron chi connectivity index (χ3n) is 2.54. The molecular weight excluding hydrogens is 176 g/mol. The molecule has 3 nitrogen and oxygen atoms in total. The Balaban J connectivity index is 2.07. The van der Waals surface area contributed by atoms with Gasteiger partial charge in [0.15, 0.2) is 0 Å². The normalized spacial score (nSPS) is 21.1. The van der Waals surface area contributed by atoms with Gasteiger partial charge in [-0.25, -0.2) is 4.98 Å². The van der Waals surface area contributed by atoms with Crippen LogP contribution in [0.3, 0.4) is 0 Å². The fourth-order valence-electron chi connectivity index (χ4n) is 1.70. The zero-order valence-corrected chi connectivity index (χ0v) is 8.49. The Morgan fingerprint density at radius 1 is 1.64 bits per heavy atom. The first-order valence-electron chi connectivity index (χ1n) is 5.18. The highest BCUT2D eigenvalue weighted by atomic mass is 16.5. The van der Waals surface area contributed by atoms with Crippen LogP contribution >= 0.6 is 0 Å². The van der Waals surface area contributed by atoms with E-state index in [2.05, 4.69) is 23.3 Å². The van der Waals surface area contributed by atoms with Gasteiger partial charge in [-0.3, -0.25) is 0 Å². The second kappa shape index (κ2) is 4.42. The van der Waals surface area contributed by atoms with E-state index in [1.165, 1.54) is 5.56 Å². The summed E-state index contributed by atoms with van der Waals surface area (Å²) in [6, 6.07) is 4.54. The van der Waals surface area contributed by atoms with Gasteiger partial charge in [0.25, 0.3) is 0 Å². The minimum Gasteiger partial charge on any atom is -0.379 e. The van der Waals surface area contributed by atoms with Crippen molar-refractivity contribution in [3.05, 3.63) is 23.9 Å². The first kappa shape index (κ1) is 9.46. The third kappa shape index (κ3) is 2.04. The molecule has 0 bridgehead atoms. The molecule has 1 unspecified atom stereocenters. The number of nitrogens with one attached hydrogen (secondary N) is 1. The standard InChI is InChI=1S/C11H16N2O/c1-2-9-4-3-6-12-11(9)13-10-5-7-14-8-10/h3-4,6,10H,2,5,7-8H2,1H3,(H,12,13). The van der Waals surface area contributed by atoms with Crippen LogP contribution in [-0.4, -0.2) is 24.2 Å². The molecule has 76 valence electrons. The van der Waals surface area contributed by atoms with Crippen molar-refractivity contribution < 1.29 is 4.74 Å². The highest BCUT2D eigenvalue weighted by molar-refractivity contribution is 5.44. The predicted molar refractivity (Wildman–Crippen MR) is 56.5 cm³/mol. The van der Waals surface area contributed by atoms with Gasteiger partial charge in [0.05, 0.1) is 12.6 Å². The lowest BCUT2D eigenvalue weighted by molar-refractivity contribution is 0.195. The van der Waals surface area contributed by atoms with E-state index >= 15 is 0 Å². The molecule has 1 N–H and O–H groups in total. The van der Waals surface area contributed by atoms with Crippen LogP contribution in [-0.2, 0) is 11.2 Å². The lowest BCUT2D eigenvalue weighted by atomic mass is 10.2. The van der Waals surface area contributed by atoms with Crippen LogP contribution in [0.2, 0.25) is 0 Å². The Bertz CT molecular complexity index is 295. The zero-order valence-electron chi connectivity index (χ0n) is 8.49. The molecule has 1 saturated heterocycles. The fourth-order valence-corrected chi connectivity index (χ4v) is 1.70. The topological polar surface area (TPSA) is 34.2 Å². The molecule has 1 aromatic rings. The molecule has 2 heterocycles. The average molecular weight is 192 g/mol. The molecule has 0 amide bonds. The molecule has 0 spiro atoms. The first-order chi connectivity index (χ1) is 6.90. The van der Waals surface area contributed by atoms with E-state index in [-0.39, 0.29) is 0 Å². The summed E-state index contributed by atoms with van der Waals surface area (Å²) in [4.78, 5) is 4.35. The molecule has 1 aliphatic heterocycles. The van der Waals surface area contributed by atoms with Crippen LogP contribution in [0.5, 0.6) is 0 Å². The quantitative estimate of drug-likeness (QED) is 0.793. The van der Waals surface area contributed by atoms with Crippen LogP contribution in [0.4, 0.5) is 5.82 Å². The molecule has 0 saturated carbocycles. The summed E-state index contributed by atoms with van der Waals surface area (Å²) in [7, 11) is 0. The Hall–Kier alpha value is -1.09. The van der Waals surface area contributed by atoms with E-state index in [9.17, 15) is 0 Å². The largest absolute Gasteiger partial charge is 0.379 e. The maximum Gasteiger partial charge on any atom is 0.129 e. The van der Waals surface area contributed by atoms with Crippen LogP contribution in [0.25, 0.3) is 0 Å². The van der Waals surface area contributed by atoms with E-state index in [0.29, 0.717) is 6.04 Å². The minimum atomic E-state index is 0.440. The van der Waals surface area contributed by atoms with E-state index in [1.807, 2.05) is 12.3 Å². The second-order valence-electron chi connectivity index (χ2n) is 3.57. The molecule has 1 atom stereocenters. The lowest BCUT2D eigenvalue weighted by Gasteiger charge is -2.13. The third-order valence-corrected chi connectivity index (χ3v) is 2.54. The van der Waals surface area contributed by atoms with Gasteiger partial charge in [-0.15, -0.1) is 0 Å². The monoisotopic (exact) mass is 192 g/mol. The zero-order chi connectivity index (χ0) is 9.80. The van der Waals surface area contributed by atoms with Gasteiger partial charge in [-0.05, 0) is 24.5 Å². The number of anilines is 1. The number of rotatable bonds is 3. The van der Waals surface area contributed by atoms with Crippen LogP contribution < -0.4 is 5.32 Å². The number of hydrogen-bond donors (Lipinski definition) is 1. The highest BCUT2D eigenvalue weighted by Crippen LogP contribution is 2.16. The summed E-state index contributed by atoms with van der Waals surface area (Å²) in [5, 5.41) is 3.42. The van der Waals surface area contributed by atoms with Crippen molar-refractivity contribution in [3.63, 3.8) is 0 Å². The molecule has 2 rings (SSSR count). The van der Waals surface area contributed by atoms with Crippen LogP contribution in [0.15, 0.2) is 18.3 Å². The Kier molecular flexibility index (Phi) is 2.99. The maximum atomic E-state index is 5.31. The van der Waals surface area contributed by atoms with Gasteiger partial charge >= 0.3 is 0 Å². The number of ether oxygens (including phenoxy) is 1. The molecule has 0 aliphatic carbocycles. The number of aromatic nitrogens is 1. The van der Waals surface area contributed by atoms with Gasteiger partial charge in [0.2, 0.25) is 0 Å². The Morgan fingerprint density at radius 2 is 2.57 bits per heavy atom. The van der Waals surface area contributed by atoms with Crippen LogP contribution in [0.1, 0.15) is 18.9 Å². The van der Waals surface area contributed by atoms with Crippen LogP contribution in [0, 0.1) is 0 Å². The molecule has 14 heavy (non-hydrogen) atoms. The van der Waals surface area contributed by atoms with E-state index in [0.717, 1.165) is 31.9 Å². The average Bonchev–Trinajstić information content (AvgIpc) is 2.71. The van der Waals surface area contributed by atoms with E-state index in [1.54, 1.807) is 0 Å².